The molecule has 0 fully saturated rings. The van der Waals surface area contributed by atoms with Gasteiger partial charge >= 0.3 is 0 Å². The van der Waals surface area contributed by atoms with Crippen LogP contribution < -0.4 is 5.32 Å². The van der Waals surface area contributed by atoms with Gasteiger partial charge in [-0.2, -0.15) is 0 Å². The highest BCUT2D eigenvalue weighted by Crippen LogP contribution is 2.28. The van der Waals surface area contributed by atoms with Crippen LogP contribution in [0.5, 0.6) is 0 Å². The van der Waals surface area contributed by atoms with Crippen molar-refractivity contribution in [1.82, 2.24) is 9.38 Å². The first-order valence-corrected chi connectivity index (χ1v) is 8.78. The molecule has 0 aliphatic rings. The summed E-state index contributed by atoms with van der Waals surface area (Å²) in [5.41, 5.74) is 3.10. The Bertz CT molecular complexity index is 1100. The molecule has 120 valence electrons. The predicted octanol–water partition coefficient (Wildman–Crippen LogP) is 5.01. The van der Waals surface area contributed by atoms with Gasteiger partial charge in [0.05, 0.1) is 15.5 Å². The van der Waals surface area contributed by atoms with Crippen LogP contribution in [0.1, 0.15) is 15.4 Å². The van der Waals surface area contributed by atoms with Crippen LogP contribution in [0.2, 0.25) is 0 Å². The fourth-order valence-corrected chi connectivity index (χ4v) is 3.92. The maximum atomic E-state index is 13.6. The lowest BCUT2D eigenvalue weighted by molar-refractivity contribution is 0.102. The van der Waals surface area contributed by atoms with Gasteiger partial charge in [0, 0.05) is 11.4 Å². The molecule has 0 spiro atoms. The number of para-hydroxylation sites is 2. The fraction of sp³-hybridized carbons (Fsp3) is 0.0588. The van der Waals surface area contributed by atoms with Gasteiger partial charge in [0.25, 0.3) is 5.91 Å². The van der Waals surface area contributed by atoms with E-state index in [1.54, 1.807) is 12.1 Å². The molecule has 4 rings (SSSR count). The molecule has 4 nitrogen and oxygen atoms in total. The quantitative estimate of drug-likeness (QED) is 0.511. The number of thiazole rings is 1. The Balaban J connectivity index is 1.74. The number of benzene rings is 2. The van der Waals surface area contributed by atoms with E-state index in [1.807, 2.05) is 35.6 Å². The minimum atomic E-state index is -0.420. The van der Waals surface area contributed by atoms with Gasteiger partial charge in [-0.3, -0.25) is 9.20 Å². The molecule has 0 aliphatic carbocycles. The second-order valence-corrected chi connectivity index (χ2v) is 7.15. The number of aryl methyl sites for hydroxylation is 1. The fourth-order valence-electron chi connectivity index (χ4n) is 2.64. The van der Waals surface area contributed by atoms with E-state index in [1.165, 1.54) is 17.4 Å². The highest BCUT2D eigenvalue weighted by Gasteiger charge is 2.19. The summed E-state index contributed by atoms with van der Waals surface area (Å²) >= 11 is 4.42. The summed E-state index contributed by atoms with van der Waals surface area (Å²) in [7, 11) is 0. The van der Waals surface area contributed by atoms with Gasteiger partial charge in [0.1, 0.15) is 10.7 Å². The molecule has 0 unspecified atom stereocenters. The van der Waals surface area contributed by atoms with Crippen LogP contribution in [0.4, 0.5) is 10.1 Å². The third kappa shape index (κ3) is 2.40. The lowest BCUT2D eigenvalue weighted by atomic mass is 10.3. The van der Waals surface area contributed by atoms with Gasteiger partial charge in [-0.1, -0.05) is 23.5 Å². The molecule has 1 amide bonds. The molecule has 1 N–H and O–H groups in total. The zero-order valence-electron chi connectivity index (χ0n) is 12.5. The summed E-state index contributed by atoms with van der Waals surface area (Å²) in [4.78, 5) is 18.4. The number of aromatic nitrogens is 2. The number of fused-ring (bicyclic) bond motifs is 3. The molecule has 0 radical (unpaired) electrons. The van der Waals surface area contributed by atoms with E-state index in [4.69, 9.17) is 0 Å². The summed E-state index contributed by atoms with van der Waals surface area (Å²) < 4.78 is 15.9. The number of hydrogen-bond donors (Lipinski definition) is 1. The average molecular weight is 404 g/mol. The highest BCUT2D eigenvalue weighted by molar-refractivity contribution is 9.10. The third-order valence-electron chi connectivity index (χ3n) is 3.77. The number of rotatable bonds is 2. The number of imidazole rings is 1. The van der Waals surface area contributed by atoms with Gasteiger partial charge in [0.2, 0.25) is 0 Å². The van der Waals surface area contributed by atoms with E-state index in [2.05, 4.69) is 26.2 Å². The Labute approximate surface area is 149 Å². The second-order valence-electron chi connectivity index (χ2n) is 5.32. The van der Waals surface area contributed by atoms with Crippen LogP contribution in [0, 0.1) is 12.7 Å². The molecular weight excluding hydrogens is 393 g/mol. The first-order valence-electron chi connectivity index (χ1n) is 7.17. The molecule has 4 aromatic rings. The summed E-state index contributed by atoms with van der Waals surface area (Å²) in [5, 5.41) is 2.74. The molecule has 2 heterocycles. The molecule has 0 saturated heterocycles. The normalized spacial score (nSPS) is 11.3. The van der Waals surface area contributed by atoms with E-state index in [0.29, 0.717) is 15.0 Å². The number of hydrogen-bond acceptors (Lipinski definition) is 3. The van der Waals surface area contributed by atoms with Crippen molar-refractivity contribution in [1.29, 1.82) is 0 Å². The zero-order chi connectivity index (χ0) is 16.8. The Hall–Kier alpha value is -2.25. The maximum absolute atomic E-state index is 13.6. The summed E-state index contributed by atoms with van der Waals surface area (Å²) in [6, 6.07) is 12.3. The topological polar surface area (TPSA) is 46.4 Å². The SMILES string of the molecule is Cc1c(C(=O)Nc2ccc(Br)c(F)c2)sc2nc3ccccc3n12. The molecule has 2 aromatic carbocycles. The largest absolute Gasteiger partial charge is 0.321 e. The van der Waals surface area contributed by atoms with Crippen molar-refractivity contribution in [2.45, 2.75) is 6.92 Å². The Morgan fingerprint density at radius 3 is 2.88 bits per heavy atom. The maximum Gasteiger partial charge on any atom is 0.267 e. The lowest BCUT2D eigenvalue weighted by Crippen LogP contribution is -2.12. The van der Waals surface area contributed by atoms with E-state index >= 15 is 0 Å². The third-order valence-corrected chi connectivity index (χ3v) is 5.56. The molecule has 7 heteroatoms. The van der Waals surface area contributed by atoms with Gasteiger partial charge in [-0.15, -0.1) is 0 Å². The molecule has 0 atom stereocenters. The predicted molar refractivity (Wildman–Crippen MR) is 97.4 cm³/mol. The Morgan fingerprint density at radius 2 is 2.08 bits per heavy atom. The number of nitrogens with one attached hydrogen (secondary N) is 1. The molecule has 0 saturated carbocycles. The van der Waals surface area contributed by atoms with Crippen LogP contribution in [-0.2, 0) is 0 Å². The van der Waals surface area contributed by atoms with E-state index in [9.17, 15) is 9.18 Å². The monoisotopic (exact) mass is 403 g/mol. The minimum Gasteiger partial charge on any atom is -0.321 e. The second kappa shape index (κ2) is 5.68. The number of carbonyl (C=O) groups is 1. The standard InChI is InChI=1S/C17H11BrFN3OS/c1-9-15(16(23)20-10-6-7-11(18)12(19)8-10)24-17-21-13-4-2-3-5-14(13)22(9)17/h2-8H,1H3,(H,20,23). The van der Waals surface area contributed by atoms with Gasteiger partial charge in [-0.25, -0.2) is 9.37 Å². The minimum absolute atomic E-state index is 0.270. The summed E-state index contributed by atoms with van der Waals surface area (Å²) in [6.07, 6.45) is 0. The molecular formula is C17H11BrFN3OS. The number of nitrogens with zero attached hydrogens (tertiary/aromatic N) is 2. The average Bonchev–Trinajstić information content (AvgIpc) is 3.08. The smallest absolute Gasteiger partial charge is 0.267 e. The Kier molecular flexibility index (Phi) is 3.62. The van der Waals surface area contributed by atoms with Crippen molar-refractivity contribution in [3.8, 4) is 0 Å². The number of anilines is 1. The molecule has 24 heavy (non-hydrogen) atoms. The Morgan fingerprint density at radius 1 is 1.29 bits per heavy atom. The highest BCUT2D eigenvalue weighted by atomic mass is 79.9. The van der Waals surface area contributed by atoms with Crippen molar-refractivity contribution in [2.24, 2.45) is 0 Å². The van der Waals surface area contributed by atoms with E-state index in [-0.39, 0.29) is 5.91 Å². The van der Waals surface area contributed by atoms with Crippen LogP contribution in [0.3, 0.4) is 0 Å². The van der Waals surface area contributed by atoms with Gasteiger partial charge in [-0.05, 0) is 53.2 Å². The van der Waals surface area contributed by atoms with Crippen molar-refractivity contribution < 1.29 is 9.18 Å². The molecule has 0 bridgehead atoms. The number of halogens is 2. The number of carbonyl (C=O) groups excluding carboxylic acids is 1. The van der Waals surface area contributed by atoms with Crippen molar-refractivity contribution in [3.05, 3.63) is 63.3 Å². The summed E-state index contributed by atoms with van der Waals surface area (Å²) in [6.45, 7) is 1.88. The van der Waals surface area contributed by atoms with Gasteiger partial charge in [0.15, 0.2) is 4.96 Å². The van der Waals surface area contributed by atoms with Gasteiger partial charge < -0.3 is 5.32 Å². The first-order chi connectivity index (χ1) is 11.5. The van der Waals surface area contributed by atoms with Crippen molar-refractivity contribution in [2.75, 3.05) is 5.32 Å². The van der Waals surface area contributed by atoms with Crippen LogP contribution in [0.25, 0.3) is 16.0 Å². The van der Waals surface area contributed by atoms with Crippen LogP contribution in [-0.4, -0.2) is 15.3 Å². The first kappa shape index (κ1) is 15.3. The lowest BCUT2D eigenvalue weighted by Gasteiger charge is -2.05. The summed E-state index contributed by atoms with van der Waals surface area (Å²) in [5.74, 6) is -0.690. The van der Waals surface area contributed by atoms with Crippen molar-refractivity contribution >= 4 is 54.9 Å². The molecule has 0 aliphatic heterocycles. The van der Waals surface area contributed by atoms with Crippen LogP contribution >= 0.6 is 27.3 Å². The van der Waals surface area contributed by atoms with Crippen LogP contribution in [0.15, 0.2) is 46.9 Å². The zero-order valence-corrected chi connectivity index (χ0v) is 14.9. The van der Waals surface area contributed by atoms with E-state index < -0.39 is 5.82 Å². The van der Waals surface area contributed by atoms with Crippen molar-refractivity contribution in [3.63, 3.8) is 0 Å². The number of amides is 1. The molecule has 2 aromatic heterocycles. The van der Waals surface area contributed by atoms with E-state index in [0.717, 1.165) is 21.7 Å².